The number of aromatic nitrogens is 2. The lowest BCUT2D eigenvalue weighted by Gasteiger charge is -2.33. The van der Waals surface area contributed by atoms with E-state index in [2.05, 4.69) is 5.10 Å². The molecule has 120 valence electrons. The molecule has 1 aliphatic heterocycles. The zero-order chi connectivity index (χ0) is 16.2. The zero-order valence-electron chi connectivity index (χ0n) is 13.0. The van der Waals surface area contributed by atoms with E-state index in [0.717, 1.165) is 5.56 Å². The van der Waals surface area contributed by atoms with Crippen molar-refractivity contribution >= 4 is 5.91 Å². The molecule has 0 N–H and O–H groups in total. The van der Waals surface area contributed by atoms with Gasteiger partial charge in [0, 0.05) is 12.6 Å². The number of rotatable bonds is 3. The molecule has 0 saturated carbocycles. The van der Waals surface area contributed by atoms with Crippen LogP contribution < -0.4 is 5.56 Å². The van der Waals surface area contributed by atoms with Gasteiger partial charge in [-0.05, 0) is 18.6 Å². The number of carbonyl (C=O) groups excluding carboxylic acids is 1. The summed E-state index contributed by atoms with van der Waals surface area (Å²) in [6, 6.07) is 12.5. The maximum absolute atomic E-state index is 12.6. The highest BCUT2D eigenvalue weighted by molar-refractivity contribution is 5.92. The van der Waals surface area contributed by atoms with Crippen LogP contribution >= 0.6 is 0 Å². The van der Waals surface area contributed by atoms with Crippen molar-refractivity contribution in [3.05, 3.63) is 64.1 Å². The smallest absolute Gasteiger partial charge is 0.274 e. The third-order valence-corrected chi connectivity index (χ3v) is 3.89. The van der Waals surface area contributed by atoms with Crippen LogP contribution in [0.5, 0.6) is 0 Å². The molecule has 6 nitrogen and oxygen atoms in total. The summed E-state index contributed by atoms with van der Waals surface area (Å²) in [5.74, 6) is -0.164. The molecule has 23 heavy (non-hydrogen) atoms. The van der Waals surface area contributed by atoms with Gasteiger partial charge in [0.25, 0.3) is 11.5 Å². The molecule has 6 heteroatoms. The maximum Gasteiger partial charge on any atom is 0.274 e. The molecular weight excluding hydrogens is 294 g/mol. The van der Waals surface area contributed by atoms with Gasteiger partial charge in [-0.2, -0.15) is 5.10 Å². The van der Waals surface area contributed by atoms with Crippen LogP contribution in [0.25, 0.3) is 0 Å². The fourth-order valence-electron chi connectivity index (χ4n) is 2.61. The molecular formula is C17H19N3O3. The molecule has 0 radical (unpaired) electrons. The molecule has 2 aromatic rings. The minimum Gasteiger partial charge on any atom is -0.377 e. The van der Waals surface area contributed by atoms with E-state index in [4.69, 9.17) is 4.74 Å². The van der Waals surface area contributed by atoms with Crippen LogP contribution in [0.15, 0.2) is 47.3 Å². The van der Waals surface area contributed by atoms with Crippen molar-refractivity contribution in [2.24, 2.45) is 0 Å². The fraction of sp³-hybridized carbons (Fsp3) is 0.353. The molecule has 1 saturated heterocycles. The van der Waals surface area contributed by atoms with E-state index in [-0.39, 0.29) is 23.2 Å². The van der Waals surface area contributed by atoms with Crippen molar-refractivity contribution in [2.45, 2.75) is 19.5 Å². The van der Waals surface area contributed by atoms with Crippen molar-refractivity contribution < 1.29 is 9.53 Å². The summed E-state index contributed by atoms with van der Waals surface area (Å²) in [7, 11) is 0. The van der Waals surface area contributed by atoms with Crippen LogP contribution in [-0.4, -0.2) is 46.4 Å². The number of carbonyl (C=O) groups is 1. The van der Waals surface area contributed by atoms with Gasteiger partial charge in [0.2, 0.25) is 0 Å². The molecule has 1 fully saturated rings. The van der Waals surface area contributed by atoms with Crippen LogP contribution in [-0.2, 0) is 11.3 Å². The Morgan fingerprint density at radius 1 is 1.26 bits per heavy atom. The van der Waals surface area contributed by atoms with Crippen molar-refractivity contribution in [3.8, 4) is 0 Å². The highest BCUT2D eigenvalue weighted by Gasteiger charge is 2.26. The molecule has 0 spiro atoms. The van der Waals surface area contributed by atoms with E-state index in [1.807, 2.05) is 37.3 Å². The third kappa shape index (κ3) is 3.48. The van der Waals surface area contributed by atoms with Gasteiger partial charge in [0.1, 0.15) is 5.69 Å². The Morgan fingerprint density at radius 3 is 2.78 bits per heavy atom. The van der Waals surface area contributed by atoms with Gasteiger partial charge in [-0.15, -0.1) is 0 Å². The van der Waals surface area contributed by atoms with Crippen LogP contribution in [0.1, 0.15) is 23.0 Å². The first-order valence-electron chi connectivity index (χ1n) is 7.66. The summed E-state index contributed by atoms with van der Waals surface area (Å²) >= 11 is 0. The predicted molar refractivity (Wildman–Crippen MR) is 85.4 cm³/mol. The van der Waals surface area contributed by atoms with Gasteiger partial charge >= 0.3 is 0 Å². The molecule has 1 amide bonds. The number of benzene rings is 1. The monoisotopic (exact) mass is 313 g/mol. The second kappa shape index (κ2) is 6.75. The predicted octanol–water partition coefficient (Wildman–Crippen LogP) is 1.15. The number of morpholine rings is 1. The molecule has 2 heterocycles. The van der Waals surface area contributed by atoms with Crippen molar-refractivity contribution in [3.63, 3.8) is 0 Å². The topological polar surface area (TPSA) is 64.4 Å². The molecule has 0 aliphatic carbocycles. The quantitative estimate of drug-likeness (QED) is 0.853. The minimum atomic E-state index is -0.222. The van der Waals surface area contributed by atoms with Gasteiger partial charge in [-0.25, -0.2) is 4.68 Å². The lowest BCUT2D eigenvalue weighted by Crippen LogP contribution is -2.47. The first kappa shape index (κ1) is 15.4. The molecule has 1 aromatic carbocycles. The van der Waals surface area contributed by atoms with Crippen LogP contribution in [0.3, 0.4) is 0 Å². The lowest BCUT2D eigenvalue weighted by molar-refractivity contribution is 0.00313. The molecule has 0 bridgehead atoms. The van der Waals surface area contributed by atoms with Gasteiger partial charge in [-0.1, -0.05) is 30.3 Å². The van der Waals surface area contributed by atoms with Crippen molar-refractivity contribution in [2.75, 3.05) is 19.8 Å². The summed E-state index contributed by atoms with van der Waals surface area (Å²) in [5.41, 5.74) is 1.03. The minimum absolute atomic E-state index is 0.00699. The molecule has 1 aliphatic rings. The average Bonchev–Trinajstić information content (AvgIpc) is 2.58. The highest BCUT2D eigenvalue weighted by atomic mass is 16.5. The van der Waals surface area contributed by atoms with E-state index < -0.39 is 0 Å². The Bertz CT molecular complexity index is 742. The summed E-state index contributed by atoms with van der Waals surface area (Å²) in [6.07, 6.45) is 0. The molecule has 3 rings (SSSR count). The normalized spacial score (nSPS) is 18.0. The largest absolute Gasteiger partial charge is 0.377 e. The highest BCUT2D eigenvalue weighted by Crippen LogP contribution is 2.10. The second-order valence-electron chi connectivity index (χ2n) is 5.62. The molecule has 1 aromatic heterocycles. The van der Waals surface area contributed by atoms with E-state index in [9.17, 15) is 9.59 Å². The van der Waals surface area contributed by atoms with Gasteiger partial charge in [0.15, 0.2) is 0 Å². The Hall–Kier alpha value is -2.47. The SMILES string of the molecule is C[C@H]1COCCN1C(=O)c1ccc(=O)n(Cc2ccccc2)n1. The second-order valence-corrected chi connectivity index (χ2v) is 5.62. The zero-order valence-corrected chi connectivity index (χ0v) is 13.0. The first-order chi connectivity index (χ1) is 11.1. The van der Waals surface area contributed by atoms with Crippen LogP contribution in [0, 0.1) is 0 Å². The van der Waals surface area contributed by atoms with Gasteiger partial charge < -0.3 is 9.64 Å². The number of ether oxygens (including phenoxy) is 1. The van der Waals surface area contributed by atoms with Crippen LogP contribution in [0.4, 0.5) is 0 Å². The lowest BCUT2D eigenvalue weighted by atomic mass is 10.2. The van der Waals surface area contributed by atoms with E-state index >= 15 is 0 Å². The van der Waals surface area contributed by atoms with Crippen molar-refractivity contribution in [1.29, 1.82) is 0 Å². The summed E-state index contributed by atoms with van der Waals surface area (Å²) in [6.45, 7) is 3.88. The molecule has 1 atom stereocenters. The first-order valence-corrected chi connectivity index (χ1v) is 7.66. The number of nitrogens with zero attached hydrogens (tertiary/aromatic N) is 3. The average molecular weight is 313 g/mol. The fourth-order valence-corrected chi connectivity index (χ4v) is 2.61. The maximum atomic E-state index is 12.6. The van der Waals surface area contributed by atoms with E-state index in [1.165, 1.54) is 16.8 Å². The van der Waals surface area contributed by atoms with Crippen LogP contribution in [0.2, 0.25) is 0 Å². The Morgan fingerprint density at radius 2 is 2.04 bits per heavy atom. The van der Waals surface area contributed by atoms with Gasteiger partial charge in [0.05, 0.1) is 25.8 Å². The van der Waals surface area contributed by atoms with E-state index in [1.54, 1.807) is 4.90 Å². The third-order valence-electron chi connectivity index (χ3n) is 3.89. The van der Waals surface area contributed by atoms with Gasteiger partial charge in [-0.3, -0.25) is 9.59 Å². The summed E-state index contributed by atoms with van der Waals surface area (Å²) < 4.78 is 6.68. The standard InChI is InChI=1S/C17H19N3O3/c1-13-12-23-10-9-19(13)17(22)15-7-8-16(21)20(18-15)11-14-5-3-2-4-6-14/h2-8,13H,9-12H2,1H3/t13-/m0/s1. The Labute approximate surface area is 134 Å². The molecule has 0 unspecified atom stereocenters. The van der Waals surface area contributed by atoms with Crippen molar-refractivity contribution in [1.82, 2.24) is 14.7 Å². The summed E-state index contributed by atoms with van der Waals surface area (Å²) in [4.78, 5) is 26.4. The Kier molecular flexibility index (Phi) is 4.52. The number of hydrogen-bond donors (Lipinski definition) is 0. The summed E-state index contributed by atoms with van der Waals surface area (Å²) in [5, 5.41) is 4.25. The number of hydrogen-bond acceptors (Lipinski definition) is 4. The number of amides is 1. The van der Waals surface area contributed by atoms with E-state index in [0.29, 0.717) is 26.3 Å². The Balaban J connectivity index is 1.85.